The van der Waals surface area contributed by atoms with Gasteiger partial charge in [0.25, 0.3) is 11.5 Å². The van der Waals surface area contributed by atoms with E-state index >= 15 is 0 Å². The van der Waals surface area contributed by atoms with E-state index in [4.69, 9.17) is 0 Å². The summed E-state index contributed by atoms with van der Waals surface area (Å²) < 4.78 is 28.2. The first-order valence-corrected chi connectivity index (χ1v) is 9.35. The second-order valence-electron chi connectivity index (χ2n) is 6.82. The van der Waals surface area contributed by atoms with Crippen molar-refractivity contribution in [2.75, 3.05) is 0 Å². The molecule has 0 aliphatic rings. The van der Waals surface area contributed by atoms with Crippen LogP contribution < -0.4 is 16.6 Å². The Hall–Kier alpha value is -3.62. The molecule has 1 amide bonds. The molecule has 7 nitrogen and oxygen atoms in total. The lowest BCUT2D eigenvalue weighted by Gasteiger charge is -2.14. The number of nitrogens with one attached hydrogen (secondary N) is 1. The molecule has 0 unspecified atom stereocenters. The van der Waals surface area contributed by atoms with E-state index in [0.717, 1.165) is 21.4 Å². The molecule has 0 aliphatic carbocycles. The highest BCUT2D eigenvalue weighted by atomic mass is 19.1. The van der Waals surface area contributed by atoms with Crippen molar-refractivity contribution in [3.63, 3.8) is 0 Å². The second-order valence-corrected chi connectivity index (χ2v) is 6.82. The third-order valence-electron chi connectivity index (χ3n) is 4.59. The summed E-state index contributed by atoms with van der Waals surface area (Å²) in [5.74, 6) is -1.70. The summed E-state index contributed by atoms with van der Waals surface area (Å²) >= 11 is 0. The number of halogens is 2. The fraction of sp³-hybridized carbons (Fsp3) is 0.238. The van der Waals surface area contributed by atoms with Gasteiger partial charge in [0.05, 0.1) is 12.2 Å². The van der Waals surface area contributed by atoms with E-state index in [0.29, 0.717) is 12.0 Å². The summed E-state index contributed by atoms with van der Waals surface area (Å²) in [5, 5.41) is 6.60. The highest BCUT2D eigenvalue weighted by molar-refractivity contribution is 5.91. The Morgan fingerprint density at radius 2 is 1.60 bits per heavy atom. The predicted octanol–water partition coefficient (Wildman–Crippen LogP) is 2.25. The summed E-state index contributed by atoms with van der Waals surface area (Å²) in [6.45, 7) is 3.45. The number of rotatable bonds is 6. The monoisotopic (exact) mass is 414 g/mol. The Balaban J connectivity index is 2.17. The highest BCUT2D eigenvalue weighted by Crippen LogP contribution is 2.07. The van der Waals surface area contributed by atoms with Gasteiger partial charge in [-0.05, 0) is 55.3 Å². The first-order valence-electron chi connectivity index (χ1n) is 9.35. The average molecular weight is 414 g/mol. The highest BCUT2D eigenvalue weighted by Gasteiger charge is 2.21. The summed E-state index contributed by atoms with van der Waals surface area (Å²) in [4.78, 5) is 38.5. The van der Waals surface area contributed by atoms with E-state index in [9.17, 15) is 23.2 Å². The van der Waals surface area contributed by atoms with Crippen molar-refractivity contribution in [2.24, 2.45) is 0 Å². The second kappa shape index (κ2) is 8.81. The number of hydrogen-bond donors (Lipinski definition) is 1. The maximum atomic E-state index is 13.3. The van der Waals surface area contributed by atoms with Gasteiger partial charge in [-0.2, -0.15) is 9.78 Å². The minimum absolute atomic E-state index is 0.187. The van der Waals surface area contributed by atoms with Crippen LogP contribution in [0.5, 0.6) is 0 Å². The first kappa shape index (κ1) is 21.1. The molecule has 0 saturated heterocycles. The number of benzene rings is 2. The lowest BCUT2D eigenvalue weighted by atomic mass is 10.2. The molecule has 3 aromatic rings. The molecule has 0 fully saturated rings. The van der Waals surface area contributed by atoms with Crippen molar-refractivity contribution in [3.05, 3.63) is 92.3 Å². The average Bonchev–Trinajstić information content (AvgIpc) is 2.73. The predicted molar refractivity (Wildman–Crippen MR) is 107 cm³/mol. The molecule has 0 radical (unpaired) electrons. The molecule has 9 heteroatoms. The summed E-state index contributed by atoms with van der Waals surface area (Å²) in [7, 11) is 0. The zero-order chi connectivity index (χ0) is 21.8. The molecule has 1 heterocycles. The molecular weight excluding hydrogens is 394 g/mol. The topological polar surface area (TPSA) is 86.0 Å². The van der Waals surface area contributed by atoms with Gasteiger partial charge in [0.15, 0.2) is 0 Å². The van der Waals surface area contributed by atoms with Crippen LogP contribution in [-0.2, 0) is 6.54 Å². The Kier molecular flexibility index (Phi) is 6.20. The Morgan fingerprint density at radius 3 is 2.17 bits per heavy atom. The van der Waals surface area contributed by atoms with Gasteiger partial charge in [0.2, 0.25) is 5.69 Å². The van der Waals surface area contributed by atoms with Crippen LogP contribution in [0.4, 0.5) is 8.78 Å². The van der Waals surface area contributed by atoms with Crippen LogP contribution in [0, 0.1) is 11.6 Å². The van der Waals surface area contributed by atoms with Gasteiger partial charge in [-0.25, -0.2) is 13.6 Å². The molecule has 1 N–H and O–H groups in total. The van der Waals surface area contributed by atoms with E-state index in [-0.39, 0.29) is 18.3 Å². The normalized spacial score (nSPS) is 11.9. The molecule has 156 valence electrons. The summed E-state index contributed by atoms with van der Waals surface area (Å²) in [5.41, 5.74) is -1.48. The van der Waals surface area contributed by atoms with Gasteiger partial charge >= 0.3 is 5.69 Å². The minimum Gasteiger partial charge on any atom is -0.348 e. The van der Waals surface area contributed by atoms with Crippen LogP contribution in [0.25, 0.3) is 5.69 Å². The molecular formula is C21H20F2N4O3. The molecule has 1 atom stereocenters. The van der Waals surface area contributed by atoms with Crippen molar-refractivity contribution in [2.45, 2.75) is 32.9 Å². The van der Waals surface area contributed by atoms with Crippen molar-refractivity contribution < 1.29 is 13.6 Å². The maximum absolute atomic E-state index is 13.3. The van der Waals surface area contributed by atoms with Crippen LogP contribution in [0.3, 0.4) is 0 Å². The lowest BCUT2D eigenvalue weighted by molar-refractivity contribution is 0.0929. The Morgan fingerprint density at radius 1 is 1.03 bits per heavy atom. The smallest absolute Gasteiger partial charge is 0.348 e. The molecule has 2 aromatic carbocycles. The molecule has 1 aromatic heterocycles. The molecule has 0 spiro atoms. The number of hydrogen-bond acceptors (Lipinski definition) is 4. The number of carbonyl (C=O) groups is 1. The Bertz CT molecular complexity index is 1170. The number of amides is 1. The lowest BCUT2D eigenvalue weighted by Crippen LogP contribution is -2.47. The standard InChI is InChI=1S/C21H20F2N4O3/c1-3-13(2)24-19(28)18-20(29)26(12-14-4-6-15(22)7-5-14)21(30)27(25-18)17-10-8-16(23)9-11-17/h4-11,13H,3,12H2,1-2H3,(H,24,28)/t13-/m0/s1. The van der Waals surface area contributed by atoms with Crippen LogP contribution in [0.15, 0.2) is 58.1 Å². The largest absolute Gasteiger partial charge is 0.352 e. The summed E-state index contributed by atoms with van der Waals surface area (Å²) in [6, 6.07) is 9.96. The molecule has 3 rings (SSSR count). The van der Waals surface area contributed by atoms with Crippen molar-refractivity contribution in [1.82, 2.24) is 19.7 Å². The van der Waals surface area contributed by atoms with Gasteiger partial charge < -0.3 is 5.32 Å². The SMILES string of the molecule is CC[C@H](C)NC(=O)c1nn(-c2ccc(F)cc2)c(=O)n(Cc2ccc(F)cc2)c1=O. The van der Waals surface area contributed by atoms with Crippen LogP contribution in [-0.4, -0.2) is 26.3 Å². The minimum atomic E-state index is -0.872. The zero-order valence-corrected chi connectivity index (χ0v) is 16.4. The molecule has 0 saturated carbocycles. The zero-order valence-electron chi connectivity index (χ0n) is 16.4. The number of nitrogens with zero attached hydrogens (tertiary/aromatic N) is 3. The fourth-order valence-electron chi connectivity index (χ4n) is 2.71. The van der Waals surface area contributed by atoms with Crippen molar-refractivity contribution in [1.29, 1.82) is 0 Å². The molecule has 0 aliphatic heterocycles. The van der Waals surface area contributed by atoms with Crippen LogP contribution in [0.1, 0.15) is 36.3 Å². The van der Waals surface area contributed by atoms with E-state index in [1.165, 1.54) is 36.4 Å². The third kappa shape index (κ3) is 4.51. The fourth-order valence-corrected chi connectivity index (χ4v) is 2.71. The van der Waals surface area contributed by atoms with Crippen LogP contribution in [0.2, 0.25) is 0 Å². The van der Waals surface area contributed by atoms with E-state index in [1.54, 1.807) is 6.92 Å². The molecule has 30 heavy (non-hydrogen) atoms. The number of aromatic nitrogens is 3. The van der Waals surface area contributed by atoms with Gasteiger partial charge in [-0.15, -0.1) is 0 Å². The Labute approximate surface area is 170 Å². The van der Waals surface area contributed by atoms with E-state index < -0.39 is 34.5 Å². The van der Waals surface area contributed by atoms with Crippen molar-refractivity contribution >= 4 is 5.91 Å². The summed E-state index contributed by atoms with van der Waals surface area (Å²) in [6.07, 6.45) is 0.632. The van der Waals surface area contributed by atoms with Gasteiger partial charge in [-0.1, -0.05) is 19.1 Å². The van der Waals surface area contributed by atoms with Gasteiger partial charge in [0.1, 0.15) is 11.6 Å². The maximum Gasteiger partial charge on any atom is 0.352 e. The third-order valence-corrected chi connectivity index (χ3v) is 4.59. The van der Waals surface area contributed by atoms with E-state index in [1.807, 2.05) is 6.92 Å². The number of carbonyl (C=O) groups excluding carboxylic acids is 1. The van der Waals surface area contributed by atoms with Gasteiger partial charge in [-0.3, -0.25) is 14.2 Å². The molecule has 0 bridgehead atoms. The quantitative estimate of drug-likeness (QED) is 0.670. The first-order chi connectivity index (χ1) is 14.3. The van der Waals surface area contributed by atoms with Gasteiger partial charge in [0, 0.05) is 6.04 Å². The van der Waals surface area contributed by atoms with Crippen molar-refractivity contribution in [3.8, 4) is 5.69 Å². The van der Waals surface area contributed by atoms with E-state index in [2.05, 4.69) is 10.4 Å². The van der Waals surface area contributed by atoms with Crippen LogP contribution >= 0.6 is 0 Å².